The van der Waals surface area contributed by atoms with Crippen LogP contribution in [0.4, 0.5) is 0 Å². The molecule has 5 heteroatoms. The van der Waals surface area contributed by atoms with E-state index in [2.05, 4.69) is 10.2 Å². The van der Waals surface area contributed by atoms with E-state index in [-0.39, 0.29) is 5.75 Å². The van der Waals surface area contributed by atoms with Gasteiger partial charge in [0.1, 0.15) is 0 Å². The van der Waals surface area contributed by atoms with Crippen molar-refractivity contribution >= 4 is 10.1 Å². The molecule has 62 valence electrons. The first-order chi connectivity index (χ1) is 4.48. The van der Waals surface area contributed by atoms with Gasteiger partial charge in [-0.25, -0.2) is 0 Å². The lowest BCUT2D eigenvalue weighted by Crippen LogP contribution is -2.15. The Morgan fingerprint density at radius 1 is 1.50 bits per heavy atom. The smallest absolute Gasteiger partial charge is 0.198 e. The molecular weight excluding hydrogens is 154 g/mol. The van der Waals surface area contributed by atoms with Gasteiger partial charge in [0.25, 0.3) is 10.1 Å². The minimum atomic E-state index is -3.44. The van der Waals surface area contributed by atoms with Gasteiger partial charge in [0.05, 0.1) is 5.75 Å². The molecule has 0 aromatic heterocycles. The van der Waals surface area contributed by atoms with Crippen LogP contribution in [0.2, 0.25) is 0 Å². The van der Waals surface area contributed by atoms with Crippen LogP contribution in [0.1, 0.15) is 20.3 Å². The first-order valence-electron chi connectivity index (χ1n) is 3.09. The van der Waals surface area contributed by atoms with Crippen LogP contribution in [0.3, 0.4) is 0 Å². The molecule has 0 aromatic rings. The molecule has 0 atom stereocenters. The Bertz CT molecular complexity index is 173. The molecule has 0 unspecified atom stereocenters. The first kappa shape index (κ1) is 9.87. The molecule has 0 fully saturated rings. The van der Waals surface area contributed by atoms with E-state index in [1.165, 1.54) is 0 Å². The van der Waals surface area contributed by atoms with Crippen molar-refractivity contribution in [3.8, 4) is 0 Å². The van der Waals surface area contributed by atoms with Gasteiger partial charge in [0.15, 0.2) is 0 Å². The Balaban J connectivity index is 3.70. The van der Waals surface area contributed by atoms with Crippen molar-refractivity contribution in [3.63, 3.8) is 0 Å². The van der Waals surface area contributed by atoms with Gasteiger partial charge in [0, 0.05) is 0 Å². The lowest BCUT2D eigenvalue weighted by molar-refractivity contribution is 0.330. The Morgan fingerprint density at radius 3 is 2.30 bits per heavy atom. The molecule has 0 aliphatic carbocycles. The highest BCUT2D eigenvalue weighted by Gasteiger charge is 2.09. The fourth-order valence-electron chi connectivity index (χ4n) is 0.428. The summed E-state index contributed by atoms with van der Waals surface area (Å²) in [6.45, 7) is 3.87. The summed E-state index contributed by atoms with van der Waals surface area (Å²) in [5, 5.41) is 0. The Kier molecular flexibility index (Phi) is 3.85. The third kappa shape index (κ3) is 4.72. The summed E-state index contributed by atoms with van der Waals surface area (Å²) in [6.07, 6.45) is 0.583. The van der Waals surface area contributed by atoms with Gasteiger partial charge in [-0.15, -0.1) is 0 Å². The highest BCUT2D eigenvalue weighted by Crippen LogP contribution is 2.02. The number of rotatable bonds is 4. The van der Waals surface area contributed by atoms with Crippen molar-refractivity contribution in [1.29, 1.82) is 0 Å². The van der Waals surface area contributed by atoms with Gasteiger partial charge in [0.2, 0.25) is 0 Å². The van der Waals surface area contributed by atoms with Crippen molar-refractivity contribution in [3.05, 3.63) is 0 Å². The zero-order valence-electron chi connectivity index (χ0n) is 6.20. The van der Waals surface area contributed by atoms with Crippen LogP contribution in [0, 0.1) is 5.92 Å². The van der Waals surface area contributed by atoms with E-state index < -0.39 is 10.1 Å². The second-order valence-electron chi connectivity index (χ2n) is 2.54. The third-order valence-electron chi connectivity index (χ3n) is 1.09. The van der Waals surface area contributed by atoms with E-state index in [0.717, 1.165) is 0 Å². The van der Waals surface area contributed by atoms with E-state index in [1.54, 1.807) is 0 Å². The monoisotopic (exact) mass is 167 g/mol. The summed E-state index contributed by atoms with van der Waals surface area (Å²) in [4.78, 5) is 0. The molecular formula is C5H13NO3S. The minimum absolute atomic E-state index is 0.00116. The average molecular weight is 167 g/mol. The fraction of sp³-hybridized carbons (Fsp3) is 1.00. The fourth-order valence-corrected chi connectivity index (χ4v) is 1.28. The molecule has 0 saturated heterocycles. The van der Waals surface area contributed by atoms with E-state index in [1.807, 2.05) is 13.8 Å². The molecule has 0 saturated carbocycles. The molecule has 2 N–H and O–H groups in total. The molecule has 0 radical (unpaired) electrons. The van der Waals surface area contributed by atoms with Crippen molar-refractivity contribution in [2.45, 2.75) is 20.3 Å². The summed E-state index contributed by atoms with van der Waals surface area (Å²) in [5.41, 5.74) is 0. The summed E-state index contributed by atoms with van der Waals surface area (Å²) in [7, 11) is -3.44. The zero-order chi connectivity index (χ0) is 8.20. The van der Waals surface area contributed by atoms with Crippen LogP contribution < -0.4 is 5.90 Å². The van der Waals surface area contributed by atoms with Crippen molar-refractivity contribution < 1.29 is 12.7 Å². The second kappa shape index (κ2) is 3.90. The minimum Gasteiger partial charge on any atom is -0.198 e. The molecule has 10 heavy (non-hydrogen) atoms. The third-order valence-corrected chi connectivity index (χ3v) is 2.12. The van der Waals surface area contributed by atoms with E-state index in [4.69, 9.17) is 0 Å². The van der Waals surface area contributed by atoms with Crippen molar-refractivity contribution in [1.82, 2.24) is 0 Å². The number of nitrogens with two attached hydrogens (primary N) is 1. The largest absolute Gasteiger partial charge is 0.283 e. The Labute approximate surface area is 61.4 Å². The van der Waals surface area contributed by atoms with E-state index in [0.29, 0.717) is 12.3 Å². The highest BCUT2D eigenvalue weighted by atomic mass is 32.2. The standard InChI is InChI=1S/C5H13NO3S/c1-5(2)3-4-10(7,8)9-6/h5H,3-4,6H2,1-2H3. The van der Waals surface area contributed by atoms with Crippen LogP contribution in [-0.4, -0.2) is 14.2 Å². The predicted octanol–water partition coefficient (Wildman–Crippen LogP) is 0.253. The van der Waals surface area contributed by atoms with Crippen LogP contribution in [0.5, 0.6) is 0 Å². The molecule has 0 aliphatic heterocycles. The molecule has 0 amide bonds. The molecule has 4 nitrogen and oxygen atoms in total. The normalized spacial score (nSPS) is 12.4. The van der Waals surface area contributed by atoms with Gasteiger partial charge in [-0.2, -0.15) is 18.6 Å². The maximum absolute atomic E-state index is 10.6. The molecule has 0 aliphatic rings. The zero-order valence-corrected chi connectivity index (χ0v) is 7.02. The summed E-state index contributed by atoms with van der Waals surface area (Å²) >= 11 is 0. The highest BCUT2D eigenvalue weighted by molar-refractivity contribution is 7.86. The van der Waals surface area contributed by atoms with Crippen molar-refractivity contribution in [2.24, 2.45) is 11.8 Å². The van der Waals surface area contributed by atoms with E-state index in [9.17, 15) is 8.42 Å². The molecule has 0 rings (SSSR count). The van der Waals surface area contributed by atoms with Gasteiger partial charge in [-0.1, -0.05) is 13.8 Å². The van der Waals surface area contributed by atoms with Gasteiger partial charge >= 0.3 is 0 Å². The lowest BCUT2D eigenvalue weighted by Gasteiger charge is -2.02. The first-order valence-corrected chi connectivity index (χ1v) is 4.66. The van der Waals surface area contributed by atoms with E-state index >= 15 is 0 Å². The van der Waals surface area contributed by atoms with Crippen LogP contribution in [-0.2, 0) is 14.4 Å². The quantitative estimate of drug-likeness (QED) is 0.609. The van der Waals surface area contributed by atoms with Gasteiger partial charge < -0.3 is 0 Å². The molecule has 0 aromatic carbocycles. The summed E-state index contributed by atoms with van der Waals surface area (Å²) in [6, 6.07) is 0. The lowest BCUT2D eigenvalue weighted by atomic mass is 10.2. The molecule has 0 spiro atoms. The van der Waals surface area contributed by atoms with Crippen LogP contribution >= 0.6 is 0 Å². The Hall–Kier alpha value is -0.130. The predicted molar refractivity (Wildman–Crippen MR) is 38.5 cm³/mol. The maximum atomic E-state index is 10.6. The van der Waals surface area contributed by atoms with Gasteiger partial charge in [-0.05, 0) is 12.3 Å². The van der Waals surface area contributed by atoms with Crippen LogP contribution in [0.15, 0.2) is 0 Å². The second-order valence-corrected chi connectivity index (χ2v) is 4.26. The molecule has 0 heterocycles. The average Bonchev–Trinajstić information content (AvgIpc) is 1.85. The Morgan fingerprint density at radius 2 is 2.00 bits per heavy atom. The van der Waals surface area contributed by atoms with Crippen molar-refractivity contribution in [2.75, 3.05) is 5.75 Å². The number of hydrogen-bond acceptors (Lipinski definition) is 4. The van der Waals surface area contributed by atoms with Crippen LogP contribution in [0.25, 0.3) is 0 Å². The van der Waals surface area contributed by atoms with Gasteiger partial charge in [-0.3, -0.25) is 0 Å². The SMILES string of the molecule is CC(C)CCS(=O)(=O)ON. The molecule has 0 bridgehead atoms. The maximum Gasteiger partial charge on any atom is 0.283 e. The summed E-state index contributed by atoms with van der Waals surface area (Å²) in [5.74, 6) is 4.86. The number of hydrogen-bond donors (Lipinski definition) is 1. The summed E-state index contributed by atoms with van der Waals surface area (Å²) < 4.78 is 24.9. The topological polar surface area (TPSA) is 69.4 Å².